The number of aliphatic carboxylic acids is 1. The summed E-state index contributed by atoms with van der Waals surface area (Å²) in [6.45, 7) is 3.01. The van der Waals surface area contributed by atoms with Crippen LogP contribution in [0, 0.1) is 30.3 Å². The number of piperidine rings is 1. The summed E-state index contributed by atoms with van der Waals surface area (Å²) < 4.78 is 46.4. The number of amides is 2. The van der Waals surface area contributed by atoms with Gasteiger partial charge in [-0.3, -0.25) is 19.2 Å². The third kappa shape index (κ3) is 7.97. The Hall–Kier alpha value is -3.11. The highest BCUT2D eigenvalue weighted by molar-refractivity contribution is 5.93. The molecule has 1 aromatic carbocycles. The van der Waals surface area contributed by atoms with Gasteiger partial charge in [-0.15, -0.1) is 0 Å². The average Bonchev–Trinajstić information content (AvgIpc) is 2.82. The quantitative estimate of drug-likeness (QED) is 0.337. The molecule has 0 aromatic heterocycles. The fraction of sp³-hybridized carbons (Fsp3) is 0.583. The molecule has 0 unspecified atom stereocenters. The molecule has 0 spiro atoms. The maximum atomic E-state index is 14.1. The zero-order chi connectivity index (χ0) is 26.1. The first-order chi connectivity index (χ1) is 16.5. The van der Waals surface area contributed by atoms with Crippen molar-refractivity contribution >= 4 is 23.6 Å². The van der Waals surface area contributed by atoms with Gasteiger partial charge in [-0.25, -0.2) is 8.78 Å². The topological polar surface area (TPSA) is 113 Å². The molecule has 1 heterocycles. The number of hydrogen-bond acceptors (Lipinski definition) is 5. The summed E-state index contributed by atoms with van der Waals surface area (Å²) in [7, 11) is 0. The summed E-state index contributed by atoms with van der Waals surface area (Å²) in [5.74, 6) is -8.63. The fourth-order valence-corrected chi connectivity index (χ4v) is 3.86. The molecule has 1 aromatic rings. The predicted octanol–water partition coefficient (Wildman–Crippen LogP) is 3.14. The number of benzene rings is 1. The number of halogens is 3. The summed E-state index contributed by atoms with van der Waals surface area (Å²) in [4.78, 5) is 50.4. The maximum absolute atomic E-state index is 14.1. The fourth-order valence-electron chi connectivity index (χ4n) is 3.86. The van der Waals surface area contributed by atoms with E-state index < -0.39 is 65.8 Å². The van der Waals surface area contributed by atoms with Gasteiger partial charge in [-0.05, 0) is 37.8 Å². The van der Waals surface area contributed by atoms with Crippen molar-refractivity contribution in [2.75, 3.05) is 19.7 Å². The molecule has 0 radical (unpaired) electrons. The van der Waals surface area contributed by atoms with Gasteiger partial charge in [0.25, 0.3) is 0 Å². The van der Waals surface area contributed by atoms with Gasteiger partial charge in [0.1, 0.15) is 12.6 Å². The molecule has 194 valence electrons. The summed E-state index contributed by atoms with van der Waals surface area (Å²) in [5.41, 5.74) is -0.239. The first-order valence-electron chi connectivity index (χ1n) is 11.6. The van der Waals surface area contributed by atoms with Crippen molar-refractivity contribution in [3.05, 3.63) is 29.1 Å². The molecule has 1 atom stereocenters. The Morgan fingerprint density at radius 1 is 1.14 bits per heavy atom. The van der Waals surface area contributed by atoms with E-state index in [4.69, 9.17) is 9.84 Å². The van der Waals surface area contributed by atoms with Gasteiger partial charge in [0, 0.05) is 25.4 Å². The van der Waals surface area contributed by atoms with Crippen LogP contribution in [0.25, 0.3) is 0 Å². The lowest BCUT2D eigenvalue weighted by atomic mass is 9.94. The van der Waals surface area contributed by atoms with Crippen molar-refractivity contribution in [3.63, 3.8) is 0 Å². The highest BCUT2D eigenvalue weighted by Crippen LogP contribution is 2.27. The molecule has 0 saturated carbocycles. The van der Waals surface area contributed by atoms with Crippen LogP contribution in [0.4, 0.5) is 13.2 Å². The Morgan fingerprint density at radius 3 is 2.40 bits per heavy atom. The van der Waals surface area contributed by atoms with Gasteiger partial charge in [0.2, 0.25) is 17.6 Å². The molecule has 35 heavy (non-hydrogen) atoms. The number of carbonyl (C=O) groups is 4. The number of ketones is 1. The minimum absolute atomic E-state index is 0.0282. The lowest BCUT2D eigenvalue weighted by molar-refractivity contribution is -0.141. The number of likely N-dealkylation sites (tertiary alicyclic amines) is 1. The van der Waals surface area contributed by atoms with E-state index in [0.717, 1.165) is 19.3 Å². The second-order valence-corrected chi connectivity index (χ2v) is 8.66. The normalized spacial score (nSPS) is 14.9. The van der Waals surface area contributed by atoms with Gasteiger partial charge in [-0.2, -0.15) is 4.39 Å². The van der Waals surface area contributed by atoms with Crippen molar-refractivity contribution < 1.29 is 42.2 Å². The molecule has 8 nitrogen and oxygen atoms in total. The first kappa shape index (κ1) is 28.1. The average molecular weight is 501 g/mol. The van der Waals surface area contributed by atoms with Crippen molar-refractivity contribution in [1.82, 2.24) is 10.2 Å². The monoisotopic (exact) mass is 500 g/mol. The minimum Gasteiger partial charge on any atom is -0.481 e. The molecule has 2 N–H and O–H groups in total. The highest BCUT2D eigenvalue weighted by atomic mass is 19.2. The van der Waals surface area contributed by atoms with Crippen molar-refractivity contribution in [3.8, 4) is 5.75 Å². The number of rotatable bonds is 12. The van der Waals surface area contributed by atoms with E-state index in [1.165, 1.54) is 6.92 Å². The van der Waals surface area contributed by atoms with Crippen molar-refractivity contribution in [2.45, 2.75) is 64.8 Å². The van der Waals surface area contributed by atoms with Gasteiger partial charge < -0.3 is 20.1 Å². The number of carboxylic acids is 1. The molecule has 1 saturated heterocycles. The van der Waals surface area contributed by atoms with E-state index >= 15 is 0 Å². The number of ether oxygens (including phenoxy) is 1. The van der Waals surface area contributed by atoms with E-state index in [2.05, 4.69) is 5.32 Å². The number of carboxylic acid groups (broad SMARTS) is 1. The SMILES string of the molecule is CCCCCC(=O)N1CCC(C(=O)N[C@@H](CC(=O)O)C(=O)COc2c(F)c(C)cc(F)c2F)CC1. The maximum Gasteiger partial charge on any atom is 0.305 e. The largest absolute Gasteiger partial charge is 0.481 e. The standard InChI is InChI=1S/C24H31F3N2O6/c1-3-4-5-6-19(31)29-9-7-15(8-10-29)24(34)28-17(12-20(32)33)18(30)13-35-23-21(26)14(2)11-16(25)22(23)27/h11,15,17H,3-10,12-13H2,1-2H3,(H,28,34)(H,32,33)/t17-/m0/s1. The highest BCUT2D eigenvalue weighted by Gasteiger charge is 2.31. The molecule has 0 aliphatic carbocycles. The lowest BCUT2D eigenvalue weighted by Crippen LogP contribution is -2.49. The summed E-state index contributed by atoms with van der Waals surface area (Å²) in [6.07, 6.45) is 3.17. The third-order valence-corrected chi connectivity index (χ3v) is 5.95. The third-order valence-electron chi connectivity index (χ3n) is 5.95. The van der Waals surface area contributed by atoms with Gasteiger partial charge in [0.05, 0.1) is 6.42 Å². The number of carbonyl (C=O) groups excluding carboxylic acids is 3. The molecule has 11 heteroatoms. The molecule has 1 fully saturated rings. The van der Waals surface area contributed by atoms with Crippen LogP contribution < -0.4 is 10.1 Å². The first-order valence-corrected chi connectivity index (χ1v) is 11.6. The smallest absolute Gasteiger partial charge is 0.305 e. The second-order valence-electron chi connectivity index (χ2n) is 8.66. The summed E-state index contributed by atoms with van der Waals surface area (Å²) in [5, 5.41) is 11.5. The van der Waals surface area contributed by atoms with Crippen LogP contribution in [0.2, 0.25) is 0 Å². The zero-order valence-corrected chi connectivity index (χ0v) is 19.9. The van der Waals surface area contributed by atoms with Crippen LogP contribution in [0.5, 0.6) is 5.75 Å². The van der Waals surface area contributed by atoms with Crippen LogP contribution in [0.3, 0.4) is 0 Å². The predicted molar refractivity (Wildman–Crippen MR) is 119 cm³/mol. The molecule has 0 bridgehead atoms. The van der Waals surface area contributed by atoms with Crippen molar-refractivity contribution in [1.29, 1.82) is 0 Å². The number of nitrogens with one attached hydrogen (secondary N) is 1. The number of nitrogens with zero attached hydrogens (tertiary/aromatic N) is 1. The van der Waals surface area contributed by atoms with Crippen molar-refractivity contribution in [2.24, 2.45) is 5.92 Å². The minimum atomic E-state index is -1.62. The van der Waals surface area contributed by atoms with Gasteiger partial charge in [-0.1, -0.05) is 19.8 Å². The van der Waals surface area contributed by atoms with Crippen LogP contribution in [-0.2, 0) is 19.2 Å². The van der Waals surface area contributed by atoms with Crippen LogP contribution in [0.15, 0.2) is 6.07 Å². The zero-order valence-electron chi connectivity index (χ0n) is 19.9. The molecule has 1 aliphatic rings. The number of unbranched alkanes of at least 4 members (excludes halogenated alkanes) is 2. The Balaban J connectivity index is 1.96. The summed E-state index contributed by atoms with van der Waals surface area (Å²) in [6, 6.07) is -0.869. The lowest BCUT2D eigenvalue weighted by Gasteiger charge is -2.32. The second kappa shape index (κ2) is 13.1. The van der Waals surface area contributed by atoms with E-state index in [0.29, 0.717) is 38.4 Å². The Bertz CT molecular complexity index is 921. The van der Waals surface area contributed by atoms with E-state index in [1.807, 2.05) is 6.92 Å². The van der Waals surface area contributed by atoms with E-state index in [-0.39, 0.29) is 11.5 Å². The van der Waals surface area contributed by atoms with Gasteiger partial charge in [0.15, 0.2) is 23.2 Å². The van der Waals surface area contributed by atoms with E-state index in [9.17, 15) is 32.3 Å². The molecule has 2 rings (SSSR count). The summed E-state index contributed by atoms with van der Waals surface area (Å²) >= 11 is 0. The van der Waals surface area contributed by atoms with Crippen LogP contribution in [0.1, 0.15) is 57.4 Å². The number of Topliss-reactive ketones (excluding diaryl/α,β-unsaturated/α-hetero) is 1. The number of hydrogen-bond donors (Lipinski definition) is 2. The van der Waals surface area contributed by atoms with Gasteiger partial charge >= 0.3 is 5.97 Å². The molecular weight excluding hydrogens is 469 g/mol. The Labute approximate surface area is 201 Å². The molecular formula is C24H31F3N2O6. The van der Waals surface area contributed by atoms with E-state index in [1.54, 1.807) is 4.90 Å². The molecule has 2 amide bonds. The Morgan fingerprint density at radius 2 is 1.80 bits per heavy atom. The Kier molecular flexibility index (Phi) is 10.5. The van der Waals surface area contributed by atoms with Crippen LogP contribution >= 0.6 is 0 Å². The van der Waals surface area contributed by atoms with Crippen LogP contribution in [-0.4, -0.2) is 59.3 Å². The molecule has 1 aliphatic heterocycles. The number of aryl methyl sites for hydroxylation is 1.